The molecule has 0 radical (unpaired) electrons. The Balaban J connectivity index is 1.77. The number of thioether (sulfide) groups is 1. The van der Waals surface area contributed by atoms with Crippen molar-refractivity contribution in [3.8, 4) is 11.1 Å². The summed E-state index contributed by atoms with van der Waals surface area (Å²) in [4.78, 5) is 21.3. The van der Waals surface area contributed by atoms with Crippen LogP contribution in [0.2, 0.25) is 0 Å². The van der Waals surface area contributed by atoms with Gasteiger partial charge in [0, 0.05) is 22.8 Å². The number of aryl methyl sites for hydroxylation is 1. The lowest BCUT2D eigenvalue weighted by molar-refractivity contribution is -0.115. The maximum atomic E-state index is 11.8. The Morgan fingerprint density at radius 3 is 2.88 bits per heavy atom. The molecule has 1 aliphatic rings. The van der Waals surface area contributed by atoms with Gasteiger partial charge in [0.2, 0.25) is 0 Å². The van der Waals surface area contributed by atoms with Crippen LogP contribution >= 0.6 is 24.0 Å². The van der Waals surface area contributed by atoms with E-state index >= 15 is 0 Å². The Labute approximate surface area is 154 Å². The lowest BCUT2D eigenvalue weighted by atomic mass is 10.0. The lowest BCUT2D eigenvalue weighted by Crippen LogP contribution is -2.17. The van der Waals surface area contributed by atoms with Crippen LogP contribution in [0.15, 0.2) is 53.6 Å². The number of hydrogen-bond acceptors (Lipinski definition) is 5. The van der Waals surface area contributed by atoms with Crippen molar-refractivity contribution < 1.29 is 4.79 Å². The average molecular weight is 363 g/mol. The Kier molecular flexibility index (Phi) is 4.07. The minimum absolute atomic E-state index is 0.143. The molecule has 122 valence electrons. The van der Waals surface area contributed by atoms with E-state index in [1.54, 1.807) is 6.20 Å². The first-order chi connectivity index (χ1) is 12.1. The quantitative estimate of drug-likeness (QED) is 0.549. The predicted molar refractivity (Wildman–Crippen MR) is 106 cm³/mol. The number of benzene rings is 1. The second-order valence-corrected chi connectivity index (χ2v) is 7.37. The molecule has 2 aromatic heterocycles. The van der Waals surface area contributed by atoms with Crippen LogP contribution in [0.1, 0.15) is 11.3 Å². The van der Waals surface area contributed by atoms with Crippen LogP contribution in [0.5, 0.6) is 0 Å². The molecule has 6 heteroatoms. The van der Waals surface area contributed by atoms with Crippen molar-refractivity contribution >= 4 is 51.3 Å². The van der Waals surface area contributed by atoms with Gasteiger partial charge in [-0.15, -0.1) is 0 Å². The van der Waals surface area contributed by atoms with Crippen molar-refractivity contribution in [2.24, 2.45) is 0 Å². The number of carbonyl (C=O) groups is 1. The predicted octanol–water partition coefficient (Wildman–Crippen LogP) is 4.09. The fraction of sp³-hybridized carbons (Fsp3) is 0.0526. The molecule has 1 aliphatic heterocycles. The smallest absolute Gasteiger partial charge is 0.263 e. The van der Waals surface area contributed by atoms with E-state index in [0.29, 0.717) is 9.23 Å². The lowest BCUT2D eigenvalue weighted by Gasteiger charge is -2.08. The van der Waals surface area contributed by atoms with Gasteiger partial charge in [-0.1, -0.05) is 42.2 Å². The zero-order chi connectivity index (χ0) is 17.4. The SMILES string of the molecule is Cc1nc2ncccc2cc1-c1cccc(C=C2SC(=S)NC2=O)c1. The molecular weight excluding hydrogens is 350 g/mol. The van der Waals surface area contributed by atoms with E-state index in [1.807, 2.05) is 43.3 Å². The van der Waals surface area contributed by atoms with E-state index in [4.69, 9.17) is 12.2 Å². The first kappa shape index (κ1) is 15.9. The summed E-state index contributed by atoms with van der Waals surface area (Å²) < 4.78 is 0.495. The van der Waals surface area contributed by atoms with Crippen LogP contribution < -0.4 is 5.32 Å². The van der Waals surface area contributed by atoms with E-state index in [9.17, 15) is 4.79 Å². The molecule has 0 spiro atoms. The summed E-state index contributed by atoms with van der Waals surface area (Å²) in [5.74, 6) is -0.143. The van der Waals surface area contributed by atoms with Gasteiger partial charge in [0.25, 0.3) is 5.91 Å². The van der Waals surface area contributed by atoms with Gasteiger partial charge in [0.05, 0.1) is 4.91 Å². The van der Waals surface area contributed by atoms with Crippen LogP contribution in [0, 0.1) is 6.92 Å². The topological polar surface area (TPSA) is 54.9 Å². The number of pyridine rings is 2. The molecule has 25 heavy (non-hydrogen) atoms. The number of aromatic nitrogens is 2. The van der Waals surface area contributed by atoms with E-state index in [2.05, 4.69) is 27.4 Å². The Bertz CT molecular complexity index is 1060. The highest BCUT2D eigenvalue weighted by molar-refractivity contribution is 8.26. The van der Waals surface area contributed by atoms with E-state index < -0.39 is 0 Å². The third-order valence-electron chi connectivity index (χ3n) is 3.92. The molecule has 0 atom stereocenters. The maximum absolute atomic E-state index is 11.8. The molecule has 3 aromatic rings. The monoisotopic (exact) mass is 363 g/mol. The van der Waals surface area contributed by atoms with E-state index in [1.165, 1.54) is 11.8 Å². The van der Waals surface area contributed by atoms with Crippen molar-refractivity contribution in [1.29, 1.82) is 0 Å². The van der Waals surface area contributed by atoms with Gasteiger partial charge in [-0.25, -0.2) is 9.97 Å². The van der Waals surface area contributed by atoms with E-state index in [0.717, 1.165) is 33.4 Å². The molecule has 0 bridgehead atoms. The molecule has 1 amide bonds. The number of nitrogens with one attached hydrogen (secondary N) is 1. The molecule has 4 rings (SSSR count). The summed E-state index contributed by atoms with van der Waals surface area (Å²) in [6, 6.07) is 14.0. The van der Waals surface area contributed by atoms with Gasteiger partial charge in [0.15, 0.2) is 5.65 Å². The van der Waals surface area contributed by atoms with Crippen LogP contribution in [-0.4, -0.2) is 20.2 Å². The minimum atomic E-state index is -0.143. The fourth-order valence-corrected chi connectivity index (χ4v) is 3.80. The second kappa shape index (κ2) is 6.38. The summed E-state index contributed by atoms with van der Waals surface area (Å²) in [5, 5.41) is 3.64. The fourth-order valence-electron chi connectivity index (χ4n) is 2.76. The molecule has 1 fully saturated rings. The summed E-state index contributed by atoms with van der Waals surface area (Å²) in [5.41, 5.74) is 4.72. The number of amides is 1. The van der Waals surface area contributed by atoms with Crippen molar-refractivity contribution in [1.82, 2.24) is 15.3 Å². The number of thiocarbonyl (C=S) groups is 1. The van der Waals surface area contributed by atoms with Gasteiger partial charge < -0.3 is 5.32 Å². The third kappa shape index (κ3) is 3.18. The molecule has 1 saturated heterocycles. The highest BCUT2D eigenvalue weighted by atomic mass is 32.2. The van der Waals surface area contributed by atoms with Crippen LogP contribution in [-0.2, 0) is 4.79 Å². The standard InChI is InChI=1S/C19H13N3OS2/c1-11-15(10-14-6-3-7-20-17(14)21-11)13-5-2-4-12(8-13)9-16-18(23)22-19(24)25-16/h2-10H,1H3,(H,22,23,24). The first-order valence-electron chi connectivity index (χ1n) is 7.68. The molecular formula is C19H13N3OS2. The summed E-state index contributed by atoms with van der Waals surface area (Å²) in [7, 11) is 0. The summed E-state index contributed by atoms with van der Waals surface area (Å²) >= 11 is 6.32. The molecule has 3 heterocycles. The number of nitrogens with zero attached hydrogens (tertiary/aromatic N) is 2. The number of rotatable bonds is 2. The Morgan fingerprint density at radius 1 is 1.20 bits per heavy atom. The van der Waals surface area contributed by atoms with Crippen molar-refractivity contribution in [3.63, 3.8) is 0 Å². The average Bonchev–Trinajstić information content (AvgIpc) is 2.91. The Morgan fingerprint density at radius 2 is 2.08 bits per heavy atom. The normalized spacial score (nSPS) is 15.8. The van der Waals surface area contributed by atoms with Crippen molar-refractivity contribution in [2.75, 3.05) is 0 Å². The third-order valence-corrected chi connectivity index (χ3v) is 5.08. The highest BCUT2D eigenvalue weighted by Gasteiger charge is 2.21. The molecule has 0 aliphatic carbocycles. The zero-order valence-electron chi connectivity index (χ0n) is 13.3. The number of hydrogen-bond donors (Lipinski definition) is 1. The molecule has 1 N–H and O–H groups in total. The van der Waals surface area contributed by atoms with Gasteiger partial charge >= 0.3 is 0 Å². The number of carbonyl (C=O) groups excluding carboxylic acids is 1. The van der Waals surface area contributed by atoms with Crippen molar-refractivity contribution in [3.05, 3.63) is 64.8 Å². The van der Waals surface area contributed by atoms with E-state index in [-0.39, 0.29) is 5.91 Å². The van der Waals surface area contributed by atoms with Crippen molar-refractivity contribution in [2.45, 2.75) is 6.92 Å². The summed E-state index contributed by atoms with van der Waals surface area (Å²) in [6.45, 7) is 1.98. The summed E-state index contributed by atoms with van der Waals surface area (Å²) in [6.07, 6.45) is 3.60. The molecule has 1 aromatic carbocycles. The van der Waals surface area contributed by atoms with Crippen LogP contribution in [0.3, 0.4) is 0 Å². The van der Waals surface area contributed by atoms with Gasteiger partial charge in [-0.2, -0.15) is 0 Å². The van der Waals surface area contributed by atoms with Gasteiger partial charge in [-0.05, 0) is 48.4 Å². The largest absolute Gasteiger partial charge is 0.307 e. The number of fused-ring (bicyclic) bond motifs is 1. The Hall–Kier alpha value is -2.57. The first-order valence-corrected chi connectivity index (χ1v) is 8.90. The van der Waals surface area contributed by atoms with Crippen LogP contribution in [0.4, 0.5) is 0 Å². The van der Waals surface area contributed by atoms with Gasteiger partial charge in [-0.3, -0.25) is 4.79 Å². The van der Waals surface area contributed by atoms with Gasteiger partial charge in [0.1, 0.15) is 4.32 Å². The minimum Gasteiger partial charge on any atom is -0.307 e. The zero-order valence-corrected chi connectivity index (χ0v) is 14.9. The van der Waals surface area contributed by atoms with Crippen LogP contribution in [0.25, 0.3) is 28.2 Å². The molecule has 0 unspecified atom stereocenters. The second-order valence-electron chi connectivity index (χ2n) is 5.65. The molecule has 4 nitrogen and oxygen atoms in total. The maximum Gasteiger partial charge on any atom is 0.263 e. The molecule has 0 saturated carbocycles. The highest BCUT2D eigenvalue weighted by Crippen LogP contribution is 2.29.